The minimum absolute atomic E-state index is 0.161. The smallest absolute Gasteiger partial charge is 0.335 e. The highest BCUT2D eigenvalue weighted by atomic mass is 32.2. The van der Waals surface area contributed by atoms with Crippen LogP contribution in [0.3, 0.4) is 0 Å². The molecule has 1 saturated heterocycles. The monoisotopic (exact) mass is 306 g/mol. The van der Waals surface area contributed by atoms with Crippen LogP contribution < -0.4 is 4.90 Å². The number of aliphatic hydroxyl groups is 1. The van der Waals surface area contributed by atoms with Crippen LogP contribution in [-0.4, -0.2) is 59.6 Å². The molecule has 0 aromatic carbocycles. The number of imide groups is 1. The maximum absolute atomic E-state index is 11.7. The predicted octanol–water partition coefficient (Wildman–Crippen LogP) is -0.952. The van der Waals surface area contributed by atoms with Gasteiger partial charge in [-0.1, -0.05) is 18.3 Å². The highest BCUT2D eigenvalue weighted by molar-refractivity contribution is 7.93. The van der Waals surface area contributed by atoms with Gasteiger partial charge in [-0.25, -0.2) is 18.1 Å². The van der Waals surface area contributed by atoms with Gasteiger partial charge in [-0.15, -0.1) is 10.2 Å². The summed E-state index contributed by atoms with van der Waals surface area (Å²) in [7, 11) is -2.30. The zero-order valence-corrected chi connectivity index (χ0v) is 11.6. The van der Waals surface area contributed by atoms with Gasteiger partial charge in [0.05, 0.1) is 5.75 Å². The average Bonchev–Trinajstić information content (AvgIpc) is 2.92. The van der Waals surface area contributed by atoms with E-state index >= 15 is 0 Å². The second-order valence-corrected chi connectivity index (χ2v) is 7.10. The van der Waals surface area contributed by atoms with Crippen LogP contribution in [-0.2, 0) is 14.6 Å². The predicted molar refractivity (Wildman–Crippen MR) is 64.3 cm³/mol. The second-order valence-electron chi connectivity index (χ2n) is 3.69. The number of sulfone groups is 1. The van der Waals surface area contributed by atoms with Gasteiger partial charge in [0.15, 0.2) is 0 Å². The molecule has 1 aromatic heterocycles. The maximum Gasteiger partial charge on any atom is 0.335 e. The first-order valence-electron chi connectivity index (χ1n) is 5.14. The number of rotatable bonds is 3. The SMILES string of the molecule is CCS(=O)(=O)c1nnc(N2C(=O)C(O)N(C)C2=O)s1. The fourth-order valence-electron chi connectivity index (χ4n) is 1.36. The van der Waals surface area contributed by atoms with E-state index in [1.54, 1.807) is 0 Å². The van der Waals surface area contributed by atoms with Crippen molar-refractivity contribution >= 4 is 38.2 Å². The van der Waals surface area contributed by atoms with Gasteiger partial charge in [-0.05, 0) is 0 Å². The summed E-state index contributed by atoms with van der Waals surface area (Å²) in [5, 5.41) is 16.2. The summed E-state index contributed by atoms with van der Waals surface area (Å²) in [6.45, 7) is 1.44. The van der Waals surface area contributed by atoms with Crippen molar-refractivity contribution in [2.45, 2.75) is 17.5 Å². The van der Waals surface area contributed by atoms with Gasteiger partial charge in [-0.3, -0.25) is 9.69 Å². The number of carbonyl (C=O) groups is 2. The zero-order chi connectivity index (χ0) is 14.4. The van der Waals surface area contributed by atoms with Crippen molar-refractivity contribution < 1.29 is 23.1 Å². The number of aliphatic hydroxyl groups excluding tert-OH is 1. The normalized spacial score (nSPS) is 20.5. The molecule has 1 unspecified atom stereocenters. The number of aromatic nitrogens is 2. The third-order valence-electron chi connectivity index (χ3n) is 2.53. The zero-order valence-electron chi connectivity index (χ0n) is 9.97. The molecule has 19 heavy (non-hydrogen) atoms. The Kier molecular flexibility index (Phi) is 3.28. The van der Waals surface area contributed by atoms with Gasteiger partial charge in [0.2, 0.25) is 25.5 Å². The molecule has 1 atom stereocenters. The molecule has 0 bridgehead atoms. The van der Waals surface area contributed by atoms with Crippen LogP contribution >= 0.6 is 11.3 Å². The minimum atomic E-state index is -3.55. The van der Waals surface area contributed by atoms with Gasteiger partial charge < -0.3 is 5.11 Å². The number of urea groups is 1. The Bertz CT molecular complexity index is 619. The number of anilines is 1. The quantitative estimate of drug-likeness (QED) is 0.564. The molecule has 104 valence electrons. The Labute approximate surface area is 112 Å². The number of likely N-dealkylation sites (N-methyl/N-ethyl adjacent to an activating group) is 1. The van der Waals surface area contributed by atoms with Crippen molar-refractivity contribution in [3.63, 3.8) is 0 Å². The van der Waals surface area contributed by atoms with Crippen molar-refractivity contribution in [2.24, 2.45) is 0 Å². The Morgan fingerprint density at radius 3 is 2.47 bits per heavy atom. The lowest BCUT2D eigenvalue weighted by Gasteiger charge is -2.09. The van der Waals surface area contributed by atoms with Crippen molar-refractivity contribution in [3.8, 4) is 0 Å². The fourth-order valence-corrected chi connectivity index (χ4v) is 3.43. The number of hydrogen-bond donors (Lipinski definition) is 1. The Morgan fingerprint density at radius 1 is 1.37 bits per heavy atom. The maximum atomic E-state index is 11.7. The largest absolute Gasteiger partial charge is 0.365 e. The third kappa shape index (κ3) is 2.09. The molecular weight excluding hydrogens is 296 g/mol. The summed E-state index contributed by atoms with van der Waals surface area (Å²) in [5.41, 5.74) is 0. The molecule has 1 fully saturated rings. The molecule has 1 aliphatic heterocycles. The number of hydrogen-bond acceptors (Lipinski definition) is 8. The molecular formula is C8H10N4O5S2. The molecule has 11 heteroatoms. The van der Waals surface area contributed by atoms with E-state index in [4.69, 9.17) is 0 Å². The van der Waals surface area contributed by atoms with E-state index in [2.05, 4.69) is 10.2 Å². The van der Waals surface area contributed by atoms with Crippen LogP contribution in [0, 0.1) is 0 Å². The van der Waals surface area contributed by atoms with E-state index < -0.39 is 28.0 Å². The van der Waals surface area contributed by atoms with Crippen molar-refractivity contribution in [2.75, 3.05) is 17.7 Å². The Morgan fingerprint density at radius 2 is 2.00 bits per heavy atom. The van der Waals surface area contributed by atoms with Gasteiger partial charge in [0.1, 0.15) is 0 Å². The lowest BCUT2D eigenvalue weighted by molar-refractivity contribution is -0.128. The fraction of sp³-hybridized carbons (Fsp3) is 0.500. The van der Waals surface area contributed by atoms with Crippen molar-refractivity contribution in [1.29, 1.82) is 0 Å². The van der Waals surface area contributed by atoms with Gasteiger partial charge in [-0.2, -0.15) is 0 Å². The van der Waals surface area contributed by atoms with Gasteiger partial charge in [0, 0.05) is 7.05 Å². The molecule has 0 radical (unpaired) electrons. The van der Waals surface area contributed by atoms with E-state index in [1.807, 2.05) is 0 Å². The molecule has 1 N–H and O–H groups in total. The summed E-state index contributed by atoms with van der Waals surface area (Å²) in [4.78, 5) is 24.8. The van der Waals surface area contributed by atoms with Crippen molar-refractivity contribution in [3.05, 3.63) is 0 Å². The van der Waals surface area contributed by atoms with Crippen LogP contribution in [0.25, 0.3) is 0 Å². The third-order valence-corrected chi connectivity index (χ3v) is 5.62. The van der Waals surface area contributed by atoms with Crippen LogP contribution in [0.15, 0.2) is 4.34 Å². The summed E-state index contributed by atoms with van der Waals surface area (Å²) < 4.78 is 22.9. The summed E-state index contributed by atoms with van der Waals surface area (Å²) >= 11 is 0.610. The average molecular weight is 306 g/mol. The number of carbonyl (C=O) groups excluding carboxylic acids is 2. The molecule has 3 amide bonds. The molecule has 9 nitrogen and oxygen atoms in total. The molecule has 1 aliphatic rings. The van der Waals surface area contributed by atoms with E-state index in [9.17, 15) is 23.1 Å². The highest BCUT2D eigenvalue weighted by Crippen LogP contribution is 2.28. The summed E-state index contributed by atoms with van der Waals surface area (Å²) in [6.07, 6.45) is -1.59. The highest BCUT2D eigenvalue weighted by Gasteiger charge is 2.45. The number of amides is 3. The first kappa shape index (κ1) is 13.8. The standard InChI is InChI=1S/C8H10N4O5S2/c1-3-19(16,17)7-10-9-6(18-7)12-5(14)4(13)11(2)8(12)15/h4,13H,3H2,1-2H3. The number of nitrogens with zero attached hydrogens (tertiary/aromatic N) is 4. The topological polar surface area (TPSA) is 121 Å². The van der Waals surface area contributed by atoms with E-state index in [0.717, 1.165) is 4.90 Å². The molecule has 0 aliphatic carbocycles. The lowest BCUT2D eigenvalue weighted by atomic mass is 10.5. The van der Waals surface area contributed by atoms with Crippen LogP contribution in [0.2, 0.25) is 0 Å². The molecule has 0 saturated carbocycles. The lowest BCUT2D eigenvalue weighted by Crippen LogP contribution is -2.31. The first-order valence-corrected chi connectivity index (χ1v) is 7.61. The first-order chi connectivity index (χ1) is 8.79. The van der Waals surface area contributed by atoms with Gasteiger partial charge >= 0.3 is 6.03 Å². The van der Waals surface area contributed by atoms with Crippen LogP contribution in [0.1, 0.15) is 6.92 Å². The van der Waals surface area contributed by atoms with E-state index in [-0.39, 0.29) is 15.2 Å². The molecule has 0 spiro atoms. The summed E-state index contributed by atoms with van der Waals surface area (Å²) in [6, 6.07) is -0.783. The minimum Gasteiger partial charge on any atom is -0.365 e. The van der Waals surface area contributed by atoms with Crippen LogP contribution in [0.5, 0.6) is 0 Å². The van der Waals surface area contributed by atoms with Crippen molar-refractivity contribution in [1.82, 2.24) is 15.1 Å². The summed E-state index contributed by atoms with van der Waals surface area (Å²) in [5.74, 6) is -1.05. The Balaban J connectivity index is 2.40. The van der Waals surface area contributed by atoms with E-state index in [1.165, 1.54) is 14.0 Å². The van der Waals surface area contributed by atoms with Gasteiger partial charge in [0.25, 0.3) is 5.91 Å². The second kappa shape index (κ2) is 4.51. The van der Waals surface area contributed by atoms with Crippen LogP contribution in [0.4, 0.5) is 9.93 Å². The molecule has 2 rings (SSSR count). The molecule has 1 aromatic rings. The molecule has 2 heterocycles. The van der Waals surface area contributed by atoms with E-state index in [0.29, 0.717) is 16.2 Å². The Hall–Kier alpha value is -1.59.